The van der Waals surface area contributed by atoms with Crippen LogP contribution >= 0.6 is 0 Å². The van der Waals surface area contributed by atoms with E-state index in [-0.39, 0.29) is 5.91 Å². The average molecular weight is 178 g/mol. The second-order valence-electron chi connectivity index (χ2n) is 3.89. The van der Waals surface area contributed by atoms with Crippen molar-refractivity contribution in [1.29, 1.82) is 0 Å². The van der Waals surface area contributed by atoms with Crippen molar-refractivity contribution in [3.8, 4) is 0 Å². The number of rotatable bonds is 1. The summed E-state index contributed by atoms with van der Waals surface area (Å²) in [4.78, 5) is 13.4. The smallest absolute Gasteiger partial charge is 0.222 e. The molecule has 3 rings (SSSR count). The number of amides is 1. The molecule has 1 atom stereocenters. The minimum atomic E-state index is 0.290. The maximum absolute atomic E-state index is 11.4. The van der Waals surface area contributed by atoms with Gasteiger partial charge >= 0.3 is 0 Å². The first-order valence-corrected chi connectivity index (χ1v) is 5.11. The molecule has 1 aliphatic carbocycles. The summed E-state index contributed by atoms with van der Waals surface area (Å²) in [5.41, 5.74) is 1.44. The number of fused-ring (bicyclic) bond motifs is 4. The maximum Gasteiger partial charge on any atom is 0.222 e. The Hall–Kier alpha value is -0.790. The van der Waals surface area contributed by atoms with Gasteiger partial charge in [0, 0.05) is 19.5 Å². The first-order chi connectivity index (χ1) is 6.29. The van der Waals surface area contributed by atoms with Crippen LogP contribution in [0.4, 0.5) is 0 Å². The van der Waals surface area contributed by atoms with E-state index in [2.05, 4.69) is 12.5 Å². The third kappa shape index (κ3) is 1.77. The lowest BCUT2D eigenvalue weighted by molar-refractivity contribution is -0.130. The van der Waals surface area contributed by atoms with Crippen LogP contribution in [0.5, 0.6) is 0 Å². The van der Waals surface area contributed by atoms with Gasteiger partial charge in [-0.3, -0.25) is 4.79 Å². The number of allylic oxidation sites excluding steroid dienone is 1. The predicted octanol–water partition coefficient (Wildman–Crippen LogP) is 1.78. The van der Waals surface area contributed by atoms with Crippen molar-refractivity contribution in [2.45, 2.75) is 26.2 Å². The van der Waals surface area contributed by atoms with E-state index in [4.69, 9.17) is 0 Å². The molecule has 1 fully saturated rings. The summed E-state index contributed by atoms with van der Waals surface area (Å²) in [5, 5.41) is 0. The molecule has 1 saturated carbocycles. The summed E-state index contributed by atoms with van der Waals surface area (Å²) >= 11 is 0. The molecule has 2 nitrogen and oxygen atoms in total. The molecule has 0 saturated heterocycles. The molecule has 0 aromatic heterocycles. The molecule has 2 heterocycles. The Bertz CT molecular complexity index is 236. The number of carbonyl (C=O) groups is 1. The van der Waals surface area contributed by atoms with Crippen LogP contribution in [0, 0.1) is 12.3 Å². The summed E-state index contributed by atoms with van der Waals surface area (Å²) in [6.07, 6.45) is 7.58. The Kier molecular flexibility index (Phi) is 2.38. The van der Waals surface area contributed by atoms with Gasteiger partial charge in [0.25, 0.3) is 0 Å². The fourth-order valence-electron chi connectivity index (χ4n) is 2.00. The molecule has 2 aliphatic heterocycles. The average Bonchev–Trinajstić information content (AvgIpc) is 1.99. The van der Waals surface area contributed by atoms with Crippen molar-refractivity contribution < 1.29 is 4.79 Å². The zero-order chi connectivity index (χ0) is 9.26. The molecule has 71 valence electrons. The molecular weight excluding hydrogens is 162 g/mol. The van der Waals surface area contributed by atoms with Crippen LogP contribution < -0.4 is 0 Å². The number of nitrogens with zero attached hydrogens (tertiary/aromatic N) is 1. The lowest BCUT2D eigenvalue weighted by atomic mass is 9.77. The predicted molar refractivity (Wildman–Crippen MR) is 52.0 cm³/mol. The largest absolute Gasteiger partial charge is 0.339 e. The Morgan fingerprint density at radius 1 is 1.69 bits per heavy atom. The number of hydrogen-bond acceptors (Lipinski definition) is 1. The minimum absolute atomic E-state index is 0.290. The molecule has 3 aliphatic rings. The summed E-state index contributed by atoms with van der Waals surface area (Å²) in [7, 11) is 0. The Morgan fingerprint density at radius 3 is 3.15 bits per heavy atom. The molecule has 2 heteroatoms. The lowest BCUT2D eigenvalue weighted by Crippen LogP contribution is -2.36. The van der Waals surface area contributed by atoms with Gasteiger partial charge in [0.05, 0.1) is 0 Å². The summed E-state index contributed by atoms with van der Waals surface area (Å²) in [6.45, 7) is 3.70. The van der Waals surface area contributed by atoms with E-state index in [1.54, 1.807) is 0 Å². The quantitative estimate of drug-likeness (QED) is 0.599. The third-order valence-corrected chi connectivity index (χ3v) is 2.95. The van der Waals surface area contributed by atoms with E-state index >= 15 is 0 Å². The summed E-state index contributed by atoms with van der Waals surface area (Å²) in [5.74, 6) is 1.04. The van der Waals surface area contributed by atoms with Gasteiger partial charge in [-0.15, -0.1) is 0 Å². The number of carbonyl (C=O) groups excluding carboxylic acids is 1. The van der Waals surface area contributed by atoms with E-state index in [9.17, 15) is 4.79 Å². The lowest BCUT2D eigenvalue weighted by Gasteiger charge is -2.35. The summed E-state index contributed by atoms with van der Waals surface area (Å²) < 4.78 is 0. The van der Waals surface area contributed by atoms with Crippen LogP contribution in [0.3, 0.4) is 0 Å². The standard InChI is InChI=1S/C11H16NO/c1-2-11(13)12-5-3-9-7-10(8-9)4-6-12/h3,7,10H,2,4-6,8H2,1H3. The van der Waals surface area contributed by atoms with Gasteiger partial charge in [0.2, 0.25) is 5.91 Å². The Balaban J connectivity index is 1.99. The van der Waals surface area contributed by atoms with Crippen LogP contribution in [0.25, 0.3) is 0 Å². The molecule has 1 unspecified atom stereocenters. The van der Waals surface area contributed by atoms with Crippen molar-refractivity contribution in [2.75, 3.05) is 13.1 Å². The van der Waals surface area contributed by atoms with Gasteiger partial charge in [-0.25, -0.2) is 0 Å². The molecule has 0 spiro atoms. The zero-order valence-corrected chi connectivity index (χ0v) is 8.12. The molecule has 2 bridgehead atoms. The van der Waals surface area contributed by atoms with E-state index in [0.29, 0.717) is 6.42 Å². The highest BCUT2D eigenvalue weighted by Gasteiger charge is 2.26. The first kappa shape index (κ1) is 8.79. The number of hydrogen-bond donors (Lipinski definition) is 0. The van der Waals surface area contributed by atoms with Gasteiger partial charge in [-0.05, 0) is 25.2 Å². The van der Waals surface area contributed by atoms with Gasteiger partial charge < -0.3 is 4.90 Å². The van der Waals surface area contributed by atoms with E-state index in [1.807, 2.05) is 11.8 Å². The Labute approximate surface area is 79.6 Å². The molecule has 1 radical (unpaired) electrons. The van der Waals surface area contributed by atoms with Crippen LogP contribution in [0.15, 0.2) is 11.6 Å². The van der Waals surface area contributed by atoms with Gasteiger partial charge in [0.1, 0.15) is 0 Å². The fraction of sp³-hybridized carbons (Fsp3) is 0.636. The van der Waals surface area contributed by atoms with Crippen LogP contribution in [0.2, 0.25) is 0 Å². The minimum Gasteiger partial charge on any atom is -0.339 e. The Morgan fingerprint density at radius 2 is 2.46 bits per heavy atom. The zero-order valence-electron chi connectivity index (χ0n) is 8.12. The molecule has 13 heavy (non-hydrogen) atoms. The highest BCUT2D eigenvalue weighted by atomic mass is 16.2. The van der Waals surface area contributed by atoms with Crippen molar-refractivity contribution in [3.05, 3.63) is 18.1 Å². The van der Waals surface area contributed by atoms with E-state index < -0.39 is 0 Å². The van der Waals surface area contributed by atoms with Crippen molar-refractivity contribution in [1.82, 2.24) is 4.90 Å². The molecule has 0 aromatic carbocycles. The fourth-order valence-corrected chi connectivity index (χ4v) is 2.00. The second kappa shape index (κ2) is 3.52. The monoisotopic (exact) mass is 178 g/mol. The normalized spacial score (nSPS) is 27.0. The molecule has 0 N–H and O–H groups in total. The second-order valence-corrected chi connectivity index (χ2v) is 3.89. The maximum atomic E-state index is 11.4. The highest BCUT2D eigenvalue weighted by Crippen LogP contribution is 2.35. The third-order valence-electron chi connectivity index (χ3n) is 2.95. The SMILES string of the molecule is CCC(=O)N1CC=C2[CH]C(CC1)C2. The van der Waals surface area contributed by atoms with Gasteiger partial charge in [-0.2, -0.15) is 0 Å². The van der Waals surface area contributed by atoms with Crippen LogP contribution in [0.1, 0.15) is 26.2 Å². The van der Waals surface area contributed by atoms with Crippen molar-refractivity contribution in [3.63, 3.8) is 0 Å². The van der Waals surface area contributed by atoms with Gasteiger partial charge in [-0.1, -0.05) is 18.6 Å². The van der Waals surface area contributed by atoms with E-state index in [1.165, 1.54) is 12.0 Å². The molecule has 1 amide bonds. The van der Waals surface area contributed by atoms with Gasteiger partial charge in [0.15, 0.2) is 0 Å². The van der Waals surface area contributed by atoms with E-state index in [0.717, 1.165) is 25.4 Å². The molecular formula is C11H16NO. The molecule has 0 aromatic rings. The summed E-state index contributed by atoms with van der Waals surface area (Å²) in [6, 6.07) is 0. The van der Waals surface area contributed by atoms with Crippen LogP contribution in [-0.4, -0.2) is 23.9 Å². The highest BCUT2D eigenvalue weighted by molar-refractivity contribution is 5.76. The first-order valence-electron chi connectivity index (χ1n) is 5.11. The van der Waals surface area contributed by atoms with Crippen molar-refractivity contribution >= 4 is 5.91 Å². The topological polar surface area (TPSA) is 20.3 Å². The van der Waals surface area contributed by atoms with Crippen LogP contribution in [-0.2, 0) is 4.79 Å². The van der Waals surface area contributed by atoms with Crippen molar-refractivity contribution in [2.24, 2.45) is 5.92 Å².